The second kappa shape index (κ2) is 7.68. The van der Waals surface area contributed by atoms with Crippen LogP contribution in [0.5, 0.6) is 0 Å². The second-order valence-corrected chi connectivity index (χ2v) is 5.10. The Bertz CT molecular complexity index is 501. The molecule has 0 aliphatic carbocycles. The van der Waals surface area contributed by atoms with E-state index >= 15 is 0 Å². The number of aliphatic carboxylic acids is 1. The minimum atomic E-state index is -1.07. The normalized spacial score (nSPS) is 11.0. The number of halogens is 2. The zero-order valence-corrected chi connectivity index (χ0v) is 11.9. The fourth-order valence-electron chi connectivity index (χ4n) is 1.89. The van der Waals surface area contributed by atoms with Gasteiger partial charge in [-0.3, -0.25) is 14.5 Å². The van der Waals surface area contributed by atoms with Crippen molar-refractivity contribution in [2.24, 2.45) is 5.92 Å². The van der Waals surface area contributed by atoms with Crippen molar-refractivity contribution in [3.05, 3.63) is 29.8 Å². The first kappa shape index (κ1) is 17.0. The Morgan fingerprint density at radius 1 is 1.24 bits per heavy atom. The Morgan fingerprint density at radius 2 is 1.81 bits per heavy atom. The SMILES string of the molecule is CC(C)CN(CC(=O)O)CC(=O)Nc1c(F)cccc1F. The van der Waals surface area contributed by atoms with E-state index in [1.807, 2.05) is 13.8 Å². The second-order valence-electron chi connectivity index (χ2n) is 5.10. The summed E-state index contributed by atoms with van der Waals surface area (Å²) in [6.07, 6.45) is 0. The Kier molecular flexibility index (Phi) is 6.23. The van der Waals surface area contributed by atoms with Gasteiger partial charge in [-0.15, -0.1) is 0 Å². The molecule has 1 aromatic rings. The van der Waals surface area contributed by atoms with Gasteiger partial charge in [-0.05, 0) is 18.1 Å². The van der Waals surface area contributed by atoms with Gasteiger partial charge in [-0.1, -0.05) is 19.9 Å². The van der Waals surface area contributed by atoms with Crippen molar-refractivity contribution in [3.8, 4) is 0 Å². The molecule has 0 saturated carbocycles. The third kappa shape index (κ3) is 5.86. The van der Waals surface area contributed by atoms with Gasteiger partial charge in [0.25, 0.3) is 0 Å². The molecular formula is C14H18F2N2O3. The summed E-state index contributed by atoms with van der Waals surface area (Å²) >= 11 is 0. The molecule has 0 aliphatic rings. The maximum atomic E-state index is 13.4. The highest BCUT2D eigenvalue weighted by Crippen LogP contribution is 2.17. The molecule has 0 heterocycles. The van der Waals surface area contributed by atoms with E-state index in [-0.39, 0.29) is 19.0 Å². The lowest BCUT2D eigenvalue weighted by Crippen LogP contribution is -2.39. The summed E-state index contributed by atoms with van der Waals surface area (Å²) in [7, 11) is 0. The maximum Gasteiger partial charge on any atom is 0.317 e. The monoisotopic (exact) mass is 300 g/mol. The molecule has 0 aliphatic heterocycles. The molecule has 0 spiro atoms. The quantitative estimate of drug-likeness (QED) is 0.807. The molecule has 1 rings (SSSR count). The van der Waals surface area contributed by atoms with Crippen LogP contribution in [0, 0.1) is 17.6 Å². The minimum absolute atomic E-state index is 0.155. The molecule has 0 unspecified atom stereocenters. The molecule has 0 aromatic heterocycles. The molecule has 5 nitrogen and oxygen atoms in total. The third-order valence-corrected chi connectivity index (χ3v) is 2.58. The number of nitrogens with one attached hydrogen (secondary N) is 1. The zero-order valence-electron chi connectivity index (χ0n) is 11.9. The van der Waals surface area contributed by atoms with Crippen molar-refractivity contribution in [3.63, 3.8) is 0 Å². The standard InChI is InChI=1S/C14H18F2N2O3/c1-9(2)6-18(8-13(20)21)7-12(19)17-14-10(15)4-3-5-11(14)16/h3-5,9H,6-8H2,1-2H3,(H,17,19)(H,20,21). The maximum absolute atomic E-state index is 13.4. The van der Waals surface area contributed by atoms with Crippen molar-refractivity contribution < 1.29 is 23.5 Å². The van der Waals surface area contributed by atoms with Gasteiger partial charge >= 0.3 is 5.97 Å². The number of carbonyl (C=O) groups excluding carboxylic acids is 1. The largest absolute Gasteiger partial charge is 0.480 e. The van der Waals surface area contributed by atoms with Crippen LogP contribution in [0.2, 0.25) is 0 Å². The number of para-hydroxylation sites is 1. The van der Waals surface area contributed by atoms with E-state index < -0.39 is 29.2 Å². The fourth-order valence-corrected chi connectivity index (χ4v) is 1.89. The van der Waals surface area contributed by atoms with E-state index in [0.717, 1.165) is 12.1 Å². The van der Waals surface area contributed by atoms with Gasteiger partial charge < -0.3 is 10.4 Å². The molecular weight excluding hydrogens is 282 g/mol. The van der Waals surface area contributed by atoms with Crippen LogP contribution in [0.25, 0.3) is 0 Å². The highest BCUT2D eigenvalue weighted by atomic mass is 19.1. The summed E-state index contributed by atoms with van der Waals surface area (Å²) < 4.78 is 26.8. The van der Waals surface area contributed by atoms with Crippen LogP contribution in [-0.4, -0.2) is 41.5 Å². The summed E-state index contributed by atoms with van der Waals surface area (Å²) in [5.41, 5.74) is -0.526. The lowest BCUT2D eigenvalue weighted by atomic mass is 10.2. The fraction of sp³-hybridized carbons (Fsp3) is 0.429. The number of nitrogens with zero attached hydrogens (tertiary/aromatic N) is 1. The van der Waals surface area contributed by atoms with Crippen molar-refractivity contribution in [1.82, 2.24) is 4.90 Å². The number of carboxylic acid groups (broad SMARTS) is 1. The molecule has 2 N–H and O–H groups in total. The number of carbonyl (C=O) groups is 2. The molecule has 0 bridgehead atoms. The number of anilines is 1. The van der Waals surface area contributed by atoms with E-state index in [9.17, 15) is 18.4 Å². The lowest BCUT2D eigenvalue weighted by molar-refractivity contribution is -0.138. The van der Waals surface area contributed by atoms with Crippen LogP contribution in [0.15, 0.2) is 18.2 Å². The predicted octanol–water partition coefficient (Wildman–Crippen LogP) is 1.95. The van der Waals surface area contributed by atoms with Crippen LogP contribution >= 0.6 is 0 Å². The van der Waals surface area contributed by atoms with Crippen molar-refractivity contribution >= 4 is 17.6 Å². The average molecular weight is 300 g/mol. The van der Waals surface area contributed by atoms with Gasteiger partial charge in [0.1, 0.15) is 17.3 Å². The molecule has 21 heavy (non-hydrogen) atoms. The first-order valence-electron chi connectivity index (χ1n) is 6.47. The number of hydrogen-bond donors (Lipinski definition) is 2. The van der Waals surface area contributed by atoms with Gasteiger partial charge in [0.15, 0.2) is 0 Å². The summed E-state index contributed by atoms with van der Waals surface area (Å²) in [5.74, 6) is -3.34. The molecule has 1 aromatic carbocycles. The number of hydrogen-bond acceptors (Lipinski definition) is 3. The van der Waals surface area contributed by atoms with Crippen molar-refractivity contribution in [2.75, 3.05) is 25.0 Å². The van der Waals surface area contributed by atoms with E-state index in [1.54, 1.807) is 0 Å². The Morgan fingerprint density at radius 3 is 2.29 bits per heavy atom. The van der Waals surface area contributed by atoms with Crippen molar-refractivity contribution in [2.45, 2.75) is 13.8 Å². The number of rotatable bonds is 7. The number of amides is 1. The Balaban J connectivity index is 2.71. The molecule has 0 radical (unpaired) electrons. The molecule has 0 fully saturated rings. The molecule has 1 amide bonds. The molecule has 0 saturated heterocycles. The van der Waals surface area contributed by atoms with E-state index in [2.05, 4.69) is 5.32 Å². The van der Waals surface area contributed by atoms with E-state index in [4.69, 9.17) is 5.11 Å². The Labute approximate surface area is 121 Å². The number of carboxylic acids is 1. The van der Waals surface area contributed by atoms with Gasteiger partial charge in [0, 0.05) is 6.54 Å². The average Bonchev–Trinajstić information content (AvgIpc) is 2.32. The minimum Gasteiger partial charge on any atom is -0.480 e. The summed E-state index contributed by atoms with van der Waals surface area (Å²) in [5, 5.41) is 10.9. The van der Waals surface area contributed by atoms with Gasteiger partial charge in [0.2, 0.25) is 5.91 Å². The molecule has 7 heteroatoms. The highest BCUT2D eigenvalue weighted by molar-refractivity contribution is 5.92. The molecule has 116 valence electrons. The van der Waals surface area contributed by atoms with Crippen LogP contribution in [0.4, 0.5) is 14.5 Å². The van der Waals surface area contributed by atoms with E-state index in [1.165, 1.54) is 11.0 Å². The van der Waals surface area contributed by atoms with Crippen LogP contribution in [-0.2, 0) is 9.59 Å². The summed E-state index contributed by atoms with van der Waals surface area (Å²) in [6.45, 7) is 3.58. The first-order chi connectivity index (χ1) is 9.79. The van der Waals surface area contributed by atoms with Gasteiger partial charge in [0.05, 0.1) is 13.1 Å². The van der Waals surface area contributed by atoms with E-state index in [0.29, 0.717) is 6.54 Å². The van der Waals surface area contributed by atoms with Crippen LogP contribution < -0.4 is 5.32 Å². The zero-order chi connectivity index (χ0) is 16.0. The Hall–Kier alpha value is -2.02. The van der Waals surface area contributed by atoms with Gasteiger partial charge in [-0.25, -0.2) is 8.78 Å². The number of benzene rings is 1. The topological polar surface area (TPSA) is 69.6 Å². The first-order valence-corrected chi connectivity index (χ1v) is 6.47. The predicted molar refractivity (Wildman–Crippen MR) is 73.9 cm³/mol. The third-order valence-electron chi connectivity index (χ3n) is 2.58. The van der Waals surface area contributed by atoms with Gasteiger partial charge in [-0.2, -0.15) is 0 Å². The smallest absolute Gasteiger partial charge is 0.317 e. The van der Waals surface area contributed by atoms with Crippen LogP contribution in [0.3, 0.4) is 0 Å². The summed E-state index contributed by atoms with van der Waals surface area (Å²) in [6, 6.07) is 3.25. The highest BCUT2D eigenvalue weighted by Gasteiger charge is 2.17. The molecule has 0 atom stereocenters. The summed E-state index contributed by atoms with van der Waals surface area (Å²) in [4.78, 5) is 24.0. The van der Waals surface area contributed by atoms with Crippen molar-refractivity contribution in [1.29, 1.82) is 0 Å². The van der Waals surface area contributed by atoms with Crippen LogP contribution in [0.1, 0.15) is 13.8 Å². The lowest BCUT2D eigenvalue weighted by Gasteiger charge is -2.21.